The molecule has 1 unspecified atom stereocenters. The highest BCUT2D eigenvalue weighted by molar-refractivity contribution is 7.91. The fourth-order valence-electron chi connectivity index (χ4n) is 2.64. The van der Waals surface area contributed by atoms with Gasteiger partial charge in [-0.1, -0.05) is 0 Å². The summed E-state index contributed by atoms with van der Waals surface area (Å²) < 4.78 is 28.9. The van der Waals surface area contributed by atoms with Crippen molar-refractivity contribution in [1.82, 2.24) is 4.98 Å². The summed E-state index contributed by atoms with van der Waals surface area (Å²) in [6.45, 7) is 0.234. The molecule has 112 valence electrons. The number of nitrogens with zero attached hydrogens (tertiary/aromatic N) is 2. The van der Waals surface area contributed by atoms with Gasteiger partial charge in [0.2, 0.25) is 0 Å². The van der Waals surface area contributed by atoms with Crippen LogP contribution in [0.1, 0.15) is 6.42 Å². The smallest absolute Gasteiger partial charge is 0.305 e. The van der Waals surface area contributed by atoms with Gasteiger partial charge in [-0.2, -0.15) is 0 Å². The number of rotatable bonds is 3. The van der Waals surface area contributed by atoms with Crippen LogP contribution < -0.4 is 4.90 Å². The van der Waals surface area contributed by atoms with Crippen molar-refractivity contribution in [3.05, 3.63) is 24.6 Å². The molecule has 0 bridgehead atoms. The minimum atomic E-state index is -3.21. The summed E-state index contributed by atoms with van der Waals surface area (Å²) in [5.41, 5.74) is 0.641. The molecule has 0 saturated carbocycles. The molecule has 7 nitrogen and oxygen atoms in total. The number of fused-ring (bicyclic) bond motifs is 1. The van der Waals surface area contributed by atoms with E-state index in [4.69, 9.17) is 9.52 Å². The van der Waals surface area contributed by atoms with Gasteiger partial charge in [0.05, 0.1) is 35.6 Å². The summed E-state index contributed by atoms with van der Waals surface area (Å²) in [4.78, 5) is 17.1. The number of pyridine rings is 1. The van der Waals surface area contributed by atoms with Gasteiger partial charge in [0, 0.05) is 12.7 Å². The summed E-state index contributed by atoms with van der Waals surface area (Å²) in [7, 11) is -3.21. The van der Waals surface area contributed by atoms with Crippen molar-refractivity contribution in [1.29, 1.82) is 0 Å². The lowest BCUT2D eigenvalue weighted by Crippen LogP contribution is -2.49. The largest absolute Gasteiger partial charge is 0.481 e. The Morgan fingerprint density at radius 2 is 2.29 bits per heavy atom. The molecular weight excluding hydrogens is 296 g/mol. The second-order valence-corrected chi connectivity index (χ2v) is 7.26. The van der Waals surface area contributed by atoms with Crippen LogP contribution in [-0.2, 0) is 14.6 Å². The maximum absolute atomic E-state index is 11.8. The second-order valence-electron chi connectivity index (χ2n) is 5.03. The van der Waals surface area contributed by atoms with E-state index in [0.717, 1.165) is 5.39 Å². The number of carboxylic acid groups (broad SMARTS) is 1. The third-order valence-electron chi connectivity index (χ3n) is 3.57. The molecule has 0 spiro atoms. The SMILES string of the molecule is O=C(O)CC1CS(=O)(=O)CCN1c1nccc2occc12. The van der Waals surface area contributed by atoms with Crippen LogP contribution in [0.15, 0.2) is 29.0 Å². The number of aliphatic carboxylic acids is 1. The van der Waals surface area contributed by atoms with E-state index in [1.54, 1.807) is 23.2 Å². The Kier molecular flexibility index (Phi) is 3.32. The van der Waals surface area contributed by atoms with Gasteiger partial charge in [-0.25, -0.2) is 13.4 Å². The lowest BCUT2D eigenvalue weighted by molar-refractivity contribution is -0.137. The highest BCUT2D eigenvalue weighted by atomic mass is 32.2. The molecule has 2 aromatic heterocycles. The summed E-state index contributed by atoms with van der Waals surface area (Å²) >= 11 is 0. The lowest BCUT2D eigenvalue weighted by atomic mass is 10.1. The Labute approximate surface area is 121 Å². The van der Waals surface area contributed by atoms with Crippen LogP contribution in [0.4, 0.5) is 5.82 Å². The third kappa shape index (κ3) is 2.71. The van der Waals surface area contributed by atoms with Gasteiger partial charge >= 0.3 is 5.97 Å². The van der Waals surface area contributed by atoms with Gasteiger partial charge in [0.1, 0.15) is 11.4 Å². The van der Waals surface area contributed by atoms with Crippen molar-refractivity contribution in [3.8, 4) is 0 Å². The highest BCUT2D eigenvalue weighted by Crippen LogP contribution is 2.29. The van der Waals surface area contributed by atoms with E-state index in [1.165, 1.54) is 6.26 Å². The molecule has 3 rings (SSSR count). The predicted molar refractivity (Wildman–Crippen MR) is 76.0 cm³/mol. The van der Waals surface area contributed by atoms with Crippen molar-refractivity contribution in [3.63, 3.8) is 0 Å². The Morgan fingerprint density at radius 1 is 1.48 bits per heavy atom. The Morgan fingerprint density at radius 3 is 3.05 bits per heavy atom. The molecular formula is C13H14N2O5S. The number of carboxylic acids is 1. The predicted octanol–water partition coefficient (Wildman–Crippen LogP) is 0.906. The van der Waals surface area contributed by atoms with Crippen LogP contribution >= 0.6 is 0 Å². The first-order valence-electron chi connectivity index (χ1n) is 6.47. The number of aromatic nitrogens is 1. The summed E-state index contributed by atoms with van der Waals surface area (Å²) in [5, 5.41) is 9.77. The van der Waals surface area contributed by atoms with Crippen LogP contribution in [-0.4, -0.2) is 48.6 Å². The molecule has 1 N–H and O–H groups in total. The summed E-state index contributed by atoms with van der Waals surface area (Å²) in [5.74, 6) is -0.627. The highest BCUT2D eigenvalue weighted by Gasteiger charge is 2.34. The first-order valence-corrected chi connectivity index (χ1v) is 8.29. The van der Waals surface area contributed by atoms with E-state index in [9.17, 15) is 13.2 Å². The molecule has 8 heteroatoms. The molecule has 1 atom stereocenters. The number of furan rings is 1. The van der Waals surface area contributed by atoms with Gasteiger partial charge in [0.15, 0.2) is 9.84 Å². The number of carbonyl (C=O) groups is 1. The first kappa shape index (κ1) is 13.9. The lowest BCUT2D eigenvalue weighted by Gasteiger charge is -2.35. The molecule has 3 heterocycles. The zero-order chi connectivity index (χ0) is 15.0. The normalized spacial score (nSPS) is 21.5. The van der Waals surface area contributed by atoms with Crippen LogP contribution in [0.2, 0.25) is 0 Å². The molecule has 0 radical (unpaired) electrons. The zero-order valence-corrected chi connectivity index (χ0v) is 11.9. The van der Waals surface area contributed by atoms with E-state index >= 15 is 0 Å². The van der Waals surface area contributed by atoms with Crippen LogP contribution in [0.3, 0.4) is 0 Å². The van der Waals surface area contributed by atoms with Crippen molar-refractivity contribution >= 4 is 32.6 Å². The molecule has 0 aromatic carbocycles. The quantitative estimate of drug-likeness (QED) is 0.899. The number of hydrogen-bond acceptors (Lipinski definition) is 6. The van der Waals surface area contributed by atoms with Crippen molar-refractivity contribution in [2.75, 3.05) is 23.0 Å². The van der Waals surface area contributed by atoms with Gasteiger partial charge < -0.3 is 14.4 Å². The first-order chi connectivity index (χ1) is 9.96. The molecule has 1 saturated heterocycles. The second kappa shape index (κ2) is 5.03. The molecule has 1 fully saturated rings. The molecule has 2 aromatic rings. The maximum Gasteiger partial charge on any atom is 0.305 e. The van der Waals surface area contributed by atoms with E-state index < -0.39 is 21.8 Å². The topological polar surface area (TPSA) is 101 Å². The van der Waals surface area contributed by atoms with Crippen LogP contribution in [0.25, 0.3) is 11.0 Å². The number of anilines is 1. The Balaban J connectivity index is 2.02. The zero-order valence-electron chi connectivity index (χ0n) is 11.1. The Bertz CT molecular complexity index is 783. The average Bonchev–Trinajstić information content (AvgIpc) is 2.85. The van der Waals surface area contributed by atoms with Crippen molar-refractivity contribution in [2.45, 2.75) is 12.5 Å². The van der Waals surface area contributed by atoms with E-state index in [-0.39, 0.29) is 24.5 Å². The molecule has 1 aliphatic rings. The van der Waals surface area contributed by atoms with Gasteiger partial charge in [-0.05, 0) is 12.1 Å². The van der Waals surface area contributed by atoms with Gasteiger partial charge in [0.25, 0.3) is 0 Å². The third-order valence-corrected chi connectivity index (χ3v) is 5.27. The monoisotopic (exact) mass is 310 g/mol. The van der Waals surface area contributed by atoms with Crippen LogP contribution in [0.5, 0.6) is 0 Å². The van der Waals surface area contributed by atoms with Gasteiger partial charge in [-0.3, -0.25) is 4.79 Å². The number of sulfone groups is 1. The number of hydrogen-bond donors (Lipinski definition) is 1. The van der Waals surface area contributed by atoms with E-state index in [2.05, 4.69) is 4.98 Å². The fraction of sp³-hybridized carbons (Fsp3) is 0.385. The average molecular weight is 310 g/mol. The molecule has 0 amide bonds. The van der Waals surface area contributed by atoms with Crippen LogP contribution in [0, 0.1) is 0 Å². The van der Waals surface area contributed by atoms with E-state index in [0.29, 0.717) is 11.4 Å². The van der Waals surface area contributed by atoms with Gasteiger partial charge in [-0.15, -0.1) is 0 Å². The summed E-state index contributed by atoms with van der Waals surface area (Å²) in [6.07, 6.45) is 2.86. The molecule has 1 aliphatic heterocycles. The minimum Gasteiger partial charge on any atom is -0.481 e. The fourth-order valence-corrected chi connectivity index (χ4v) is 4.17. The van der Waals surface area contributed by atoms with E-state index in [1.807, 2.05) is 0 Å². The summed E-state index contributed by atoms with van der Waals surface area (Å²) in [6, 6.07) is 2.85. The Hall–Kier alpha value is -2.09. The standard InChI is InChI=1S/C13H14N2O5S/c16-12(17)7-9-8-21(18,19)6-4-15(9)13-10-2-5-20-11(10)1-3-14-13/h1-3,5,9H,4,6-8H2,(H,16,17). The molecule has 21 heavy (non-hydrogen) atoms. The minimum absolute atomic E-state index is 0.000954. The maximum atomic E-state index is 11.8. The molecule has 0 aliphatic carbocycles. The van der Waals surface area contributed by atoms with Crippen molar-refractivity contribution < 1.29 is 22.7 Å². The van der Waals surface area contributed by atoms with Crippen molar-refractivity contribution in [2.24, 2.45) is 0 Å².